The van der Waals surface area contributed by atoms with Crippen LogP contribution in [0.1, 0.15) is 51.9 Å². The monoisotopic (exact) mass is 260 g/mol. The predicted molar refractivity (Wildman–Crippen MR) is 72.5 cm³/mol. The molecule has 17 heavy (non-hydrogen) atoms. The van der Waals surface area contributed by atoms with Crippen molar-refractivity contribution in [3.63, 3.8) is 0 Å². The van der Waals surface area contributed by atoms with Crippen molar-refractivity contribution in [1.82, 2.24) is 10.2 Å². The Morgan fingerprint density at radius 1 is 1.24 bits per heavy atom. The molecule has 0 aromatic rings. The van der Waals surface area contributed by atoms with Crippen LogP contribution in [0, 0.1) is 0 Å². The minimum absolute atomic E-state index is 0. The Labute approximate surface area is 111 Å². The van der Waals surface area contributed by atoms with Gasteiger partial charge in [-0.1, -0.05) is 19.8 Å². The molecular weight excluding hydrogens is 236 g/mol. The number of nitrogens with one attached hydrogen (secondary N) is 1. The van der Waals surface area contributed by atoms with E-state index in [0.29, 0.717) is 18.0 Å². The van der Waals surface area contributed by atoms with E-state index in [2.05, 4.69) is 17.1 Å². The maximum atomic E-state index is 12.2. The van der Waals surface area contributed by atoms with E-state index in [-0.39, 0.29) is 12.4 Å². The Morgan fingerprint density at radius 2 is 2.00 bits per heavy atom. The number of hydrogen-bond acceptors (Lipinski definition) is 2. The summed E-state index contributed by atoms with van der Waals surface area (Å²) >= 11 is 0. The minimum atomic E-state index is 0. The summed E-state index contributed by atoms with van der Waals surface area (Å²) in [4.78, 5) is 14.4. The molecule has 0 saturated carbocycles. The van der Waals surface area contributed by atoms with Gasteiger partial charge in [0.2, 0.25) is 5.91 Å². The largest absolute Gasteiger partial charge is 0.335 e. The molecule has 0 spiro atoms. The molecule has 1 N–H and O–H groups in total. The number of carbonyl (C=O) groups excluding carboxylic acids is 1. The number of hydrogen-bond donors (Lipinski definition) is 1. The van der Waals surface area contributed by atoms with Gasteiger partial charge in [-0.2, -0.15) is 0 Å². The van der Waals surface area contributed by atoms with Crippen LogP contribution >= 0.6 is 12.4 Å². The van der Waals surface area contributed by atoms with Crippen molar-refractivity contribution in [2.24, 2.45) is 0 Å². The van der Waals surface area contributed by atoms with Gasteiger partial charge in [-0.15, -0.1) is 12.4 Å². The second kappa shape index (κ2) is 7.22. The highest BCUT2D eigenvalue weighted by Gasteiger charge is 2.37. The summed E-state index contributed by atoms with van der Waals surface area (Å²) in [7, 11) is 0. The van der Waals surface area contributed by atoms with Gasteiger partial charge in [-0.25, -0.2) is 0 Å². The molecule has 2 heterocycles. The molecule has 2 aliphatic heterocycles. The van der Waals surface area contributed by atoms with E-state index < -0.39 is 0 Å². The van der Waals surface area contributed by atoms with E-state index in [1.54, 1.807) is 0 Å². The summed E-state index contributed by atoms with van der Waals surface area (Å²) < 4.78 is 0. The lowest BCUT2D eigenvalue weighted by molar-refractivity contribution is -0.133. The van der Waals surface area contributed by atoms with E-state index in [9.17, 15) is 4.79 Å². The molecule has 2 aliphatic rings. The SMILES string of the molecule is CCCCCC(=O)N1C2CCNCC1CC2.Cl. The van der Waals surface area contributed by atoms with Crippen LogP contribution in [0.5, 0.6) is 0 Å². The number of nitrogens with zero attached hydrogens (tertiary/aromatic N) is 1. The van der Waals surface area contributed by atoms with Gasteiger partial charge >= 0.3 is 0 Å². The van der Waals surface area contributed by atoms with Crippen molar-refractivity contribution in [2.45, 2.75) is 64.0 Å². The normalized spacial score (nSPS) is 27.5. The third-order valence-electron chi connectivity index (χ3n) is 3.94. The molecule has 100 valence electrons. The Kier molecular flexibility index (Phi) is 6.28. The molecule has 2 rings (SSSR count). The van der Waals surface area contributed by atoms with E-state index >= 15 is 0 Å². The van der Waals surface area contributed by atoms with Crippen LogP contribution in [-0.2, 0) is 4.79 Å². The van der Waals surface area contributed by atoms with Crippen molar-refractivity contribution in [3.05, 3.63) is 0 Å². The van der Waals surface area contributed by atoms with Crippen LogP contribution in [0.15, 0.2) is 0 Å². The molecular formula is C13H25ClN2O. The molecule has 0 aliphatic carbocycles. The predicted octanol–water partition coefficient (Wildman–Crippen LogP) is 2.34. The van der Waals surface area contributed by atoms with Gasteiger partial charge in [-0.05, 0) is 32.2 Å². The highest BCUT2D eigenvalue weighted by Crippen LogP contribution is 2.28. The molecule has 2 fully saturated rings. The van der Waals surface area contributed by atoms with Crippen molar-refractivity contribution in [1.29, 1.82) is 0 Å². The molecule has 3 nitrogen and oxygen atoms in total. The summed E-state index contributed by atoms with van der Waals surface area (Å²) in [6.45, 7) is 4.28. The van der Waals surface area contributed by atoms with Gasteiger partial charge < -0.3 is 10.2 Å². The molecule has 2 bridgehead atoms. The first kappa shape index (κ1) is 14.8. The Balaban J connectivity index is 0.00000144. The second-order valence-corrected chi connectivity index (χ2v) is 5.14. The maximum Gasteiger partial charge on any atom is 0.223 e. The van der Waals surface area contributed by atoms with Gasteiger partial charge in [0.05, 0.1) is 0 Å². The van der Waals surface area contributed by atoms with Crippen LogP contribution in [0.3, 0.4) is 0 Å². The summed E-state index contributed by atoms with van der Waals surface area (Å²) in [5, 5.41) is 3.44. The van der Waals surface area contributed by atoms with E-state index in [4.69, 9.17) is 0 Å². The number of unbranched alkanes of at least 4 members (excludes halogenated alkanes) is 2. The highest BCUT2D eigenvalue weighted by molar-refractivity contribution is 5.85. The summed E-state index contributed by atoms with van der Waals surface area (Å²) in [6, 6.07) is 1.02. The molecule has 1 amide bonds. The quantitative estimate of drug-likeness (QED) is 0.787. The standard InChI is InChI=1S/C13H24N2O.ClH/c1-2-3-4-5-13(16)15-11-6-7-12(15)10-14-9-8-11;/h11-12,14H,2-10H2,1H3;1H. The van der Waals surface area contributed by atoms with Gasteiger partial charge in [0, 0.05) is 25.0 Å². The number of halogens is 1. The van der Waals surface area contributed by atoms with Crippen molar-refractivity contribution >= 4 is 18.3 Å². The fourth-order valence-corrected chi connectivity index (χ4v) is 3.04. The van der Waals surface area contributed by atoms with Gasteiger partial charge in [0.1, 0.15) is 0 Å². The first-order valence-electron chi connectivity index (χ1n) is 6.84. The first-order chi connectivity index (χ1) is 7.83. The van der Waals surface area contributed by atoms with Gasteiger partial charge in [0.25, 0.3) is 0 Å². The number of carbonyl (C=O) groups is 1. The van der Waals surface area contributed by atoms with Crippen LogP contribution in [-0.4, -0.2) is 36.0 Å². The van der Waals surface area contributed by atoms with Crippen LogP contribution in [0.25, 0.3) is 0 Å². The number of rotatable bonds is 4. The summed E-state index contributed by atoms with van der Waals surface area (Å²) in [5.74, 6) is 0.407. The van der Waals surface area contributed by atoms with Gasteiger partial charge in [-0.3, -0.25) is 4.79 Å². The average molecular weight is 261 g/mol. The molecule has 0 aromatic carbocycles. The zero-order chi connectivity index (χ0) is 11.4. The minimum Gasteiger partial charge on any atom is -0.335 e. The lowest BCUT2D eigenvalue weighted by Gasteiger charge is -2.28. The lowest BCUT2D eigenvalue weighted by atomic mass is 10.1. The van der Waals surface area contributed by atoms with Crippen LogP contribution < -0.4 is 5.32 Å². The molecule has 0 radical (unpaired) electrons. The van der Waals surface area contributed by atoms with Crippen molar-refractivity contribution in [3.8, 4) is 0 Å². The molecule has 2 saturated heterocycles. The second-order valence-electron chi connectivity index (χ2n) is 5.14. The third-order valence-corrected chi connectivity index (χ3v) is 3.94. The fraction of sp³-hybridized carbons (Fsp3) is 0.923. The molecule has 2 atom stereocenters. The first-order valence-corrected chi connectivity index (χ1v) is 6.84. The molecule has 0 aromatic heterocycles. The zero-order valence-electron chi connectivity index (χ0n) is 10.8. The number of amides is 1. The maximum absolute atomic E-state index is 12.2. The van der Waals surface area contributed by atoms with E-state index in [1.165, 1.54) is 25.7 Å². The summed E-state index contributed by atoms with van der Waals surface area (Å²) in [5.41, 5.74) is 0. The summed E-state index contributed by atoms with van der Waals surface area (Å²) in [6.07, 6.45) is 7.80. The smallest absolute Gasteiger partial charge is 0.223 e. The van der Waals surface area contributed by atoms with E-state index in [0.717, 1.165) is 32.4 Å². The molecule has 4 heteroatoms. The zero-order valence-corrected chi connectivity index (χ0v) is 11.6. The topological polar surface area (TPSA) is 32.3 Å². The van der Waals surface area contributed by atoms with Crippen LogP contribution in [0.2, 0.25) is 0 Å². The van der Waals surface area contributed by atoms with Crippen molar-refractivity contribution < 1.29 is 4.79 Å². The van der Waals surface area contributed by atoms with Crippen molar-refractivity contribution in [2.75, 3.05) is 13.1 Å². The number of fused-ring (bicyclic) bond motifs is 2. The third kappa shape index (κ3) is 3.59. The van der Waals surface area contributed by atoms with E-state index in [1.807, 2.05) is 0 Å². The fourth-order valence-electron chi connectivity index (χ4n) is 3.04. The Morgan fingerprint density at radius 3 is 2.76 bits per heavy atom. The Bertz CT molecular complexity index is 234. The van der Waals surface area contributed by atoms with Gasteiger partial charge in [0.15, 0.2) is 0 Å². The van der Waals surface area contributed by atoms with Crippen LogP contribution in [0.4, 0.5) is 0 Å². The molecule has 2 unspecified atom stereocenters. The average Bonchev–Trinajstić information content (AvgIpc) is 2.52. The highest BCUT2D eigenvalue weighted by atomic mass is 35.5. The lowest BCUT2D eigenvalue weighted by Crippen LogP contribution is -2.42. The Hall–Kier alpha value is -0.280.